The molecule has 4 N–H and O–H groups in total. The van der Waals surface area contributed by atoms with E-state index in [9.17, 15) is 9.59 Å². The van der Waals surface area contributed by atoms with Crippen LogP contribution in [0.5, 0.6) is 0 Å². The minimum absolute atomic E-state index is 0.0572. The maximum Gasteiger partial charge on any atom is 0.335 e. The number of hydrogen-bond donors (Lipinski definition) is 3. The van der Waals surface area contributed by atoms with Crippen LogP contribution >= 0.6 is 0 Å². The van der Waals surface area contributed by atoms with E-state index in [-0.39, 0.29) is 12.1 Å². The molecule has 0 heterocycles. The third-order valence-electron chi connectivity index (χ3n) is 2.75. The van der Waals surface area contributed by atoms with Gasteiger partial charge in [0.1, 0.15) is 0 Å². The van der Waals surface area contributed by atoms with E-state index < -0.39 is 17.9 Å². The molecule has 5 nitrogen and oxygen atoms in total. The molecule has 0 saturated carbocycles. The molecular formula is C12H15NO4. The van der Waals surface area contributed by atoms with Crippen LogP contribution < -0.4 is 5.73 Å². The first-order chi connectivity index (χ1) is 7.88. The standard InChI is InChI=1S/C12H15NO4/c1-6-3-7(2)9(11(14)15)4-8(6)10(5-13)12(16)17/h3-4,10H,5,13H2,1-2H3,(H,14,15)(H,16,17). The van der Waals surface area contributed by atoms with Crippen molar-refractivity contribution in [1.82, 2.24) is 0 Å². The zero-order chi connectivity index (χ0) is 13.2. The van der Waals surface area contributed by atoms with Crippen molar-refractivity contribution < 1.29 is 19.8 Å². The summed E-state index contributed by atoms with van der Waals surface area (Å²) in [7, 11) is 0. The second-order valence-corrected chi connectivity index (χ2v) is 3.96. The molecule has 0 saturated heterocycles. The molecule has 0 spiro atoms. The molecule has 5 heteroatoms. The average molecular weight is 237 g/mol. The van der Waals surface area contributed by atoms with Crippen molar-refractivity contribution in [1.29, 1.82) is 0 Å². The SMILES string of the molecule is Cc1cc(C)c(C(CN)C(=O)O)cc1C(=O)O. The van der Waals surface area contributed by atoms with Crippen molar-refractivity contribution in [3.63, 3.8) is 0 Å². The Balaban J connectivity index is 3.38. The number of rotatable bonds is 4. The highest BCUT2D eigenvalue weighted by Crippen LogP contribution is 2.23. The summed E-state index contributed by atoms with van der Waals surface area (Å²) < 4.78 is 0. The van der Waals surface area contributed by atoms with Crippen molar-refractivity contribution in [2.24, 2.45) is 5.73 Å². The average Bonchev–Trinajstić information content (AvgIpc) is 2.21. The number of aliphatic carboxylic acids is 1. The van der Waals surface area contributed by atoms with Crippen molar-refractivity contribution >= 4 is 11.9 Å². The Kier molecular flexibility index (Phi) is 3.85. The molecule has 0 aliphatic heterocycles. The van der Waals surface area contributed by atoms with Gasteiger partial charge in [-0.25, -0.2) is 4.79 Å². The van der Waals surface area contributed by atoms with Gasteiger partial charge in [-0.05, 0) is 36.6 Å². The summed E-state index contributed by atoms with van der Waals surface area (Å²) in [5.41, 5.74) is 7.34. The number of carboxylic acid groups (broad SMARTS) is 2. The number of aryl methyl sites for hydroxylation is 2. The summed E-state index contributed by atoms with van der Waals surface area (Å²) in [6, 6.07) is 3.07. The van der Waals surface area contributed by atoms with E-state index >= 15 is 0 Å². The van der Waals surface area contributed by atoms with Crippen molar-refractivity contribution in [3.8, 4) is 0 Å². The number of carboxylic acids is 2. The predicted molar refractivity (Wildman–Crippen MR) is 62.3 cm³/mol. The molecule has 1 aromatic carbocycles. The monoisotopic (exact) mass is 237 g/mol. The maximum absolute atomic E-state index is 11.0. The van der Waals surface area contributed by atoms with Gasteiger partial charge in [-0.1, -0.05) is 6.07 Å². The number of hydrogen-bond acceptors (Lipinski definition) is 3. The van der Waals surface area contributed by atoms with Crippen LogP contribution in [0, 0.1) is 13.8 Å². The van der Waals surface area contributed by atoms with Gasteiger partial charge in [-0.15, -0.1) is 0 Å². The normalized spacial score (nSPS) is 12.2. The van der Waals surface area contributed by atoms with Crippen molar-refractivity contribution in [2.75, 3.05) is 6.54 Å². The second-order valence-electron chi connectivity index (χ2n) is 3.96. The smallest absolute Gasteiger partial charge is 0.335 e. The van der Waals surface area contributed by atoms with Crippen LogP contribution in [0.15, 0.2) is 12.1 Å². The van der Waals surface area contributed by atoms with Crippen molar-refractivity contribution in [2.45, 2.75) is 19.8 Å². The lowest BCUT2D eigenvalue weighted by Gasteiger charge is -2.15. The minimum Gasteiger partial charge on any atom is -0.481 e. The van der Waals surface area contributed by atoms with Gasteiger partial charge in [0.15, 0.2) is 0 Å². The van der Waals surface area contributed by atoms with Crippen LogP contribution in [-0.4, -0.2) is 28.7 Å². The summed E-state index contributed by atoms with van der Waals surface area (Å²) >= 11 is 0. The largest absolute Gasteiger partial charge is 0.481 e. The van der Waals surface area contributed by atoms with E-state index in [0.29, 0.717) is 11.1 Å². The van der Waals surface area contributed by atoms with E-state index in [0.717, 1.165) is 5.56 Å². The molecule has 92 valence electrons. The second kappa shape index (κ2) is 4.97. The fraction of sp³-hybridized carbons (Fsp3) is 0.333. The van der Waals surface area contributed by atoms with Crippen molar-refractivity contribution in [3.05, 3.63) is 34.4 Å². The molecule has 1 rings (SSSR count). The summed E-state index contributed by atoms with van der Waals surface area (Å²) in [5, 5.41) is 18.0. The third kappa shape index (κ3) is 2.62. The Hall–Kier alpha value is -1.88. The van der Waals surface area contributed by atoms with Gasteiger partial charge in [0.2, 0.25) is 0 Å². The number of benzene rings is 1. The Labute approximate surface area is 98.9 Å². The van der Waals surface area contributed by atoms with Gasteiger partial charge in [-0.2, -0.15) is 0 Å². The molecule has 1 aromatic rings. The van der Waals surface area contributed by atoms with Crippen LogP contribution in [0.4, 0.5) is 0 Å². The van der Waals surface area contributed by atoms with E-state index in [1.807, 2.05) is 0 Å². The molecule has 1 unspecified atom stereocenters. The molecule has 0 aliphatic carbocycles. The fourth-order valence-electron chi connectivity index (χ4n) is 1.84. The molecule has 0 fully saturated rings. The summed E-state index contributed by atoms with van der Waals surface area (Å²) in [5.74, 6) is -2.98. The van der Waals surface area contributed by atoms with Gasteiger partial charge < -0.3 is 15.9 Å². The topological polar surface area (TPSA) is 101 Å². The van der Waals surface area contributed by atoms with Gasteiger partial charge >= 0.3 is 11.9 Å². The maximum atomic E-state index is 11.0. The highest BCUT2D eigenvalue weighted by Gasteiger charge is 2.22. The molecule has 0 aromatic heterocycles. The Morgan fingerprint density at radius 2 is 1.82 bits per heavy atom. The molecule has 0 aliphatic rings. The highest BCUT2D eigenvalue weighted by molar-refractivity contribution is 5.90. The van der Waals surface area contributed by atoms with E-state index in [4.69, 9.17) is 15.9 Å². The molecule has 17 heavy (non-hydrogen) atoms. The predicted octanol–water partition coefficient (Wildman–Crippen LogP) is 1.13. The van der Waals surface area contributed by atoms with E-state index in [2.05, 4.69) is 0 Å². The number of carbonyl (C=O) groups is 2. The van der Waals surface area contributed by atoms with Crippen LogP contribution in [-0.2, 0) is 4.79 Å². The zero-order valence-electron chi connectivity index (χ0n) is 9.73. The molecule has 0 radical (unpaired) electrons. The zero-order valence-corrected chi connectivity index (χ0v) is 9.73. The minimum atomic E-state index is -1.06. The van der Waals surface area contributed by atoms with Crippen LogP contribution in [0.25, 0.3) is 0 Å². The van der Waals surface area contributed by atoms with E-state index in [1.165, 1.54) is 6.07 Å². The fourth-order valence-corrected chi connectivity index (χ4v) is 1.84. The summed E-state index contributed by atoms with van der Waals surface area (Å²) in [6.07, 6.45) is 0. The third-order valence-corrected chi connectivity index (χ3v) is 2.75. The number of aromatic carboxylic acids is 1. The Morgan fingerprint density at radius 1 is 1.24 bits per heavy atom. The lowest BCUT2D eigenvalue weighted by atomic mass is 9.91. The highest BCUT2D eigenvalue weighted by atomic mass is 16.4. The Bertz CT molecular complexity index is 468. The lowest BCUT2D eigenvalue weighted by molar-refractivity contribution is -0.138. The first-order valence-corrected chi connectivity index (χ1v) is 5.15. The molecule has 1 atom stereocenters. The van der Waals surface area contributed by atoms with Gasteiger partial charge in [0, 0.05) is 6.54 Å². The van der Waals surface area contributed by atoms with Crippen LogP contribution in [0.2, 0.25) is 0 Å². The number of nitrogens with two attached hydrogens (primary N) is 1. The van der Waals surface area contributed by atoms with Crippen LogP contribution in [0.3, 0.4) is 0 Å². The first-order valence-electron chi connectivity index (χ1n) is 5.15. The van der Waals surface area contributed by atoms with Gasteiger partial charge in [0.25, 0.3) is 0 Å². The first kappa shape index (κ1) is 13.2. The molecular weight excluding hydrogens is 222 g/mol. The van der Waals surface area contributed by atoms with E-state index in [1.54, 1.807) is 19.9 Å². The molecule has 0 amide bonds. The summed E-state index contributed by atoms with van der Waals surface area (Å²) in [4.78, 5) is 22.0. The van der Waals surface area contributed by atoms with Gasteiger partial charge in [-0.3, -0.25) is 4.79 Å². The Morgan fingerprint density at radius 3 is 2.24 bits per heavy atom. The lowest BCUT2D eigenvalue weighted by Crippen LogP contribution is -2.22. The summed E-state index contributed by atoms with van der Waals surface area (Å²) in [6.45, 7) is 3.37. The van der Waals surface area contributed by atoms with Gasteiger partial charge in [0.05, 0.1) is 11.5 Å². The van der Waals surface area contributed by atoms with Crippen LogP contribution in [0.1, 0.15) is 33.0 Å². The quantitative estimate of drug-likeness (QED) is 0.728. The molecule has 0 bridgehead atoms.